The lowest BCUT2D eigenvalue weighted by Crippen LogP contribution is -2.41. The third kappa shape index (κ3) is 3.42. The van der Waals surface area contributed by atoms with Crippen LogP contribution < -0.4 is 0 Å². The van der Waals surface area contributed by atoms with Crippen LogP contribution in [0.2, 0.25) is 0 Å². The van der Waals surface area contributed by atoms with E-state index < -0.39 is 17.8 Å². The van der Waals surface area contributed by atoms with Gasteiger partial charge in [0.05, 0.1) is 4.88 Å². The van der Waals surface area contributed by atoms with Gasteiger partial charge in [0.1, 0.15) is 18.5 Å². The molecule has 4 nitrogen and oxygen atoms in total. The molecule has 0 radical (unpaired) electrons. The average molecular weight is 333 g/mol. The van der Waals surface area contributed by atoms with Crippen molar-refractivity contribution in [3.8, 4) is 0 Å². The Hall–Kier alpha value is -2.21. The third-order valence-electron chi connectivity index (χ3n) is 3.85. The Morgan fingerprint density at radius 1 is 1.26 bits per heavy atom. The standard InChI is InChI=1S/C17H16FNO3S/c18-13-6-2-1-5-12(13)11-22-17(21)14-7-3-9-19(14)16(20)15-8-4-10-23-15/h1-2,4-6,8,10,14H,3,7,9,11H2. The maximum absolute atomic E-state index is 13.6. The van der Waals surface area contributed by atoms with Crippen LogP contribution >= 0.6 is 11.3 Å². The minimum atomic E-state index is -0.587. The van der Waals surface area contributed by atoms with E-state index in [2.05, 4.69) is 0 Å². The summed E-state index contributed by atoms with van der Waals surface area (Å²) in [5.41, 5.74) is 0.329. The summed E-state index contributed by atoms with van der Waals surface area (Å²) in [6.45, 7) is 0.416. The molecule has 23 heavy (non-hydrogen) atoms. The Kier molecular flexibility index (Phi) is 4.71. The molecule has 1 amide bonds. The second-order valence-electron chi connectivity index (χ2n) is 5.33. The third-order valence-corrected chi connectivity index (χ3v) is 4.70. The van der Waals surface area contributed by atoms with Gasteiger partial charge in [-0.1, -0.05) is 24.3 Å². The Bertz CT molecular complexity index is 702. The molecule has 3 rings (SSSR count). The highest BCUT2D eigenvalue weighted by atomic mass is 32.1. The van der Waals surface area contributed by atoms with Gasteiger partial charge in [0.2, 0.25) is 0 Å². The summed E-state index contributed by atoms with van der Waals surface area (Å²) < 4.78 is 18.8. The van der Waals surface area contributed by atoms with Gasteiger partial charge in [-0.25, -0.2) is 9.18 Å². The van der Waals surface area contributed by atoms with Gasteiger partial charge >= 0.3 is 5.97 Å². The summed E-state index contributed by atoms with van der Waals surface area (Å²) >= 11 is 1.35. The number of hydrogen-bond donors (Lipinski definition) is 0. The number of carbonyl (C=O) groups is 2. The minimum Gasteiger partial charge on any atom is -0.459 e. The maximum atomic E-state index is 13.6. The van der Waals surface area contributed by atoms with Crippen LogP contribution in [0.1, 0.15) is 28.1 Å². The molecule has 0 spiro atoms. The summed E-state index contributed by atoms with van der Waals surface area (Å²) in [5, 5.41) is 1.83. The van der Waals surface area contributed by atoms with Crippen molar-refractivity contribution in [1.82, 2.24) is 4.90 Å². The van der Waals surface area contributed by atoms with Gasteiger partial charge < -0.3 is 9.64 Å². The number of esters is 1. The Morgan fingerprint density at radius 3 is 2.83 bits per heavy atom. The number of nitrogens with zero attached hydrogens (tertiary/aromatic N) is 1. The lowest BCUT2D eigenvalue weighted by Gasteiger charge is -2.22. The van der Waals surface area contributed by atoms with Crippen LogP contribution in [-0.2, 0) is 16.1 Å². The quantitative estimate of drug-likeness (QED) is 0.807. The lowest BCUT2D eigenvalue weighted by molar-refractivity contribution is -0.149. The fourth-order valence-electron chi connectivity index (χ4n) is 2.66. The molecule has 2 aromatic rings. The van der Waals surface area contributed by atoms with Gasteiger partial charge in [0.15, 0.2) is 0 Å². The molecule has 0 aliphatic carbocycles. The fraction of sp³-hybridized carbons (Fsp3) is 0.294. The van der Waals surface area contributed by atoms with Crippen molar-refractivity contribution in [3.63, 3.8) is 0 Å². The monoisotopic (exact) mass is 333 g/mol. The normalized spacial score (nSPS) is 17.3. The predicted octanol–water partition coefficient (Wildman–Crippen LogP) is 3.24. The first kappa shape index (κ1) is 15.7. The van der Waals surface area contributed by atoms with Gasteiger partial charge in [0.25, 0.3) is 5.91 Å². The second-order valence-corrected chi connectivity index (χ2v) is 6.28. The molecule has 1 fully saturated rings. The van der Waals surface area contributed by atoms with Gasteiger partial charge in [-0.15, -0.1) is 11.3 Å². The molecule has 0 bridgehead atoms. The van der Waals surface area contributed by atoms with Crippen LogP contribution in [0.25, 0.3) is 0 Å². The van der Waals surface area contributed by atoms with Crippen molar-refractivity contribution < 1.29 is 18.7 Å². The second kappa shape index (κ2) is 6.91. The minimum absolute atomic E-state index is 0.122. The molecular formula is C17H16FNO3S. The zero-order valence-corrected chi connectivity index (χ0v) is 13.2. The van der Waals surface area contributed by atoms with E-state index in [4.69, 9.17) is 4.74 Å². The highest BCUT2D eigenvalue weighted by molar-refractivity contribution is 7.12. The van der Waals surface area contributed by atoms with Crippen molar-refractivity contribution in [2.24, 2.45) is 0 Å². The van der Waals surface area contributed by atoms with Crippen molar-refractivity contribution in [1.29, 1.82) is 0 Å². The van der Waals surface area contributed by atoms with Crippen LogP contribution in [0.5, 0.6) is 0 Å². The molecule has 1 saturated heterocycles. The van der Waals surface area contributed by atoms with Crippen LogP contribution in [0.15, 0.2) is 41.8 Å². The summed E-state index contributed by atoms with van der Waals surface area (Å²) in [5.74, 6) is -1.03. The van der Waals surface area contributed by atoms with E-state index in [1.807, 2.05) is 5.38 Å². The van der Waals surface area contributed by atoms with Gasteiger partial charge in [-0.05, 0) is 30.4 Å². The highest BCUT2D eigenvalue weighted by Crippen LogP contribution is 2.23. The average Bonchev–Trinajstić information content (AvgIpc) is 3.24. The van der Waals surface area contributed by atoms with Crippen molar-refractivity contribution in [2.45, 2.75) is 25.5 Å². The van der Waals surface area contributed by atoms with E-state index >= 15 is 0 Å². The fourth-order valence-corrected chi connectivity index (χ4v) is 3.34. The number of halogens is 1. The van der Waals surface area contributed by atoms with Gasteiger partial charge in [0, 0.05) is 12.1 Å². The zero-order chi connectivity index (χ0) is 16.2. The van der Waals surface area contributed by atoms with Crippen molar-refractivity contribution >= 4 is 23.2 Å². The molecule has 0 N–H and O–H groups in total. The van der Waals surface area contributed by atoms with E-state index in [0.717, 1.165) is 6.42 Å². The van der Waals surface area contributed by atoms with Gasteiger partial charge in [-0.2, -0.15) is 0 Å². The summed E-state index contributed by atoms with van der Waals surface area (Å²) in [4.78, 5) is 26.9. The summed E-state index contributed by atoms with van der Waals surface area (Å²) in [7, 11) is 0. The molecule has 1 unspecified atom stereocenters. The zero-order valence-electron chi connectivity index (χ0n) is 12.4. The predicted molar refractivity (Wildman–Crippen MR) is 84.6 cm³/mol. The van der Waals surface area contributed by atoms with E-state index in [1.165, 1.54) is 17.4 Å². The molecule has 6 heteroatoms. The summed E-state index contributed by atoms with van der Waals surface area (Å²) in [6, 6.07) is 9.13. The van der Waals surface area contributed by atoms with Crippen LogP contribution in [-0.4, -0.2) is 29.4 Å². The molecular weight excluding hydrogens is 317 g/mol. The van der Waals surface area contributed by atoms with Crippen LogP contribution in [0.4, 0.5) is 4.39 Å². The molecule has 1 aromatic carbocycles. The SMILES string of the molecule is O=C(OCc1ccccc1F)C1CCCN1C(=O)c1cccs1. The summed E-state index contributed by atoms with van der Waals surface area (Å²) in [6.07, 6.45) is 1.34. The van der Waals surface area contributed by atoms with Crippen molar-refractivity contribution in [3.05, 3.63) is 58.0 Å². The number of likely N-dealkylation sites (tertiary alicyclic amines) is 1. The highest BCUT2D eigenvalue weighted by Gasteiger charge is 2.36. The van der Waals surface area contributed by atoms with E-state index in [0.29, 0.717) is 23.4 Å². The smallest absolute Gasteiger partial charge is 0.329 e. The Balaban J connectivity index is 1.64. The number of rotatable bonds is 4. The van der Waals surface area contributed by atoms with Crippen molar-refractivity contribution in [2.75, 3.05) is 6.54 Å². The molecule has 1 atom stereocenters. The first-order chi connectivity index (χ1) is 11.2. The van der Waals surface area contributed by atoms with Crippen LogP contribution in [0, 0.1) is 5.82 Å². The van der Waals surface area contributed by atoms with Gasteiger partial charge in [-0.3, -0.25) is 4.79 Å². The van der Waals surface area contributed by atoms with E-state index in [9.17, 15) is 14.0 Å². The lowest BCUT2D eigenvalue weighted by atomic mass is 10.2. The first-order valence-electron chi connectivity index (χ1n) is 7.41. The number of thiophene rings is 1. The van der Waals surface area contributed by atoms with E-state index in [-0.39, 0.29) is 12.5 Å². The largest absolute Gasteiger partial charge is 0.459 e. The first-order valence-corrected chi connectivity index (χ1v) is 8.29. The molecule has 1 aromatic heterocycles. The number of ether oxygens (including phenoxy) is 1. The molecule has 2 heterocycles. The Labute approximate surface area is 137 Å². The maximum Gasteiger partial charge on any atom is 0.329 e. The molecule has 1 aliphatic rings. The molecule has 0 saturated carbocycles. The Morgan fingerprint density at radius 2 is 2.09 bits per heavy atom. The number of benzene rings is 1. The topological polar surface area (TPSA) is 46.6 Å². The number of amides is 1. The van der Waals surface area contributed by atoms with Crippen LogP contribution in [0.3, 0.4) is 0 Å². The number of carbonyl (C=O) groups excluding carboxylic acids is 2. The molecule has 1 aliphatic heterocycles. The molecule has 120 valence electrons. The van der Waals surface area contributed by atoms with E-state index in [1.54, 1.807) is 35.2 Å². The number of hydrogen-bond acceptors (Lipinski definition) is 4.